The zero-order valence-corrected chi connectivity index (χ0v) is 32.0. The van der Waals surface area contributed by atoms with Crippen LogP contribution < -0.4 is 4.90 Å². The number of allylic oxidation sites excluding steroid dienone is 6. The zero-order valence-electron chi connectivity index (χ0n) is 29.6. The van der Waals surface area contributed by atoms with Crippen LogP contribution in [0.25, 0.3) is 21.5 Å². The van der Waals surface area contributed by atoms with E-state index in [0.29, 0.717) is 0 Å². The average Bonchev–Trinajstić information content (AvgIpc) is 3.41. The molecule has 266 valence electrons. The van der Waals surface area contributed by atoms with E-state index in [1.165, 1.54) is 40.1 Å². The third kappa shape index (κ3) is 6.14. The van der Waals surface area contributed by atoms with Crippen molar-refractivity contribution in [2.75, 3.05) is 19.0 Å². The highest BCUT2D eigenvalue weighted by Crippen LogP contribution is 2.51. The molecule has 4 aromatic rings. The molecule has 2 N–H and O–H groups in total. The van der Waals surface area contributed by atoms with Crippen LogP contribution in [0.4, 0.5) is 11.4 Å². The van der Waals surface area contributed by atoms with Gasteiger partial charge in [-0.15, -0.1) is 4.33 Å². The zero-order chi connectivity index (χ0) is 36.5. The fourth-order valence-electron chi connectivity index (χ4n) is 8.70. The van der Waals surface area contributed by atoms with Gasteiger partial charge >= 0.3 is 0 Å². The first-order chi connectivity index (χ1) is 24.1. The van der Waals surface area contributed by atoms with Gasteiger partial charge in [0.1, 0.15) is 7.05 Å². The summed E-state index contributed by atoms with van der Waals surface area (Å²) in [6.45, 7) is 8.99. The molecule has 0 amide bonds. The van der Waals surface area contributed by atoms with E-state index in [2.05, 4.69) is 91.0 Å². The molecule has 7 rings (SSSR count). The molecular weight excluding hydrogens is 704 g/mol. The molecule has 0 spiro atoms. The van der Waals surface area contributed by atoms with Gasteiger partial charge in [-0.05, 0) is 115 Å². The topological polar surface area (TPSA) is 99.3 Å². The van der Waals surface area contributed by atoms with Crippen LogP contribution in [0.3, 0.4) is 0 Å². The maximum atomic E-state index is 11.8. The SMILES string of the molecule is CN1/C(=C/C=C2\CCCC(CCC3=[N+](C)c4ccc5cc(SOOO)ccc5c4C3(C)C)=C2Cl)C(C)(C)c2c1ccc1cc(S(=O)(=O)O)ccc21. The van der Waals surface area contributed by atoms with E-state index >= 15 is 0 Å². The summed E-state index contributed by atoms with van der Waals surface area (Å²) in [5, 5.41) is 17.2. The first-order valence-electron chi connectivity index (χ1n) is 17.0. The maximum absolute atomic E-state index is 11.8. The molecule has 8 nitrogen and oxygen atoms in total. The molecule has 0 radical (unpaired) electrons. The highest BCUT2D eigenvalue weighted by Gasteiger charge is 2.45. The second-order valence-electron chi connectivity index (χ2n) is 14.7. The normalized spacial score (nSPS) is 20.0. The van der Waals surface area contributed by atoms with Crippen molar-refractivity contribution in [2.45, 2.75) is 80.4 Å². The molecule has 0 saturated carbocycles. The van der Waals surface area contributed by atoms with Crippen LogP contribution in [0.5, 0.6) is 0 Å². The summed E-state index contributed by atoms with van der Waals surface area (Å²) in [7, 11) is -0.0677. The van der Waals surface area contributed by atoms with Gasteiger partial charge in [0, 0.05) is 51.8 Å². The number of nitrogens with zero attached hydrogens (tertiary/aromatic N) is 2. The summed E-state index contributed by atoms with van der Waals surface area (Å²) in [6.07, 6.45) is 9.10. The Balaban J connectivity index is 1.15. The van der Waals surface area contributed by atoms with Crippen LogP contribution >= 0.6 is 23.6 Å². The molecule has 51 heavy (non-hydrogen) atoms. The average molecular weight is 746 g/mol. The van der Waals surface area contributed by atoms with Crippen molar-refractivity contribution in [3.05, 3.63) is 106 Å². The van der Waals surface area contributed by atoms with E-state index in [-0.39, 0.29) is 15.7 Å². The molecular formula is C40H42ClN2O6S2+. The lowest BCUT2D eigenvalue weighted by atomic mass is 9.77. The van der Waals surface area contributed by atoms with Crippen LogP contribution in [-0.2, 0) is 30.3 Å². The number of benzene rings is 4. The van der Waals surface area contributed by atoms with Gasteiger partial charge in [0.15, 0.2) is 5.71 Å². The predicted molar refractivity (Wildman–Crippen MR) is 206 cm³/mol. The summed E-state index contributed by atoms with van der Waals surface area (Å²) in [5.74, 6) is 0. The smallest absolute Gasteiger partial charge is 0.294 e. The van der Waals surface area contributed by atoms with Gasteiger partial charge in [-0.3, -0.25) is 4.55 Å². The number of anilines is 1. The number of hydrogen-bond acceptors (Lipinski definition) is 7. The van der Waals surface area contributed by atoms with Crippen LogP contribution in [0, 0.1) is 0 Å². The Kier molecular flexibility index (Phi) is 9.28. The van der Waals surface area contributed by atoms with Crippen molar-refractivity contribution in [1.82, 2.24) is 0 Å². The molecule has 0 unspecified atom stereocenters. The van der Waals surface area contributed by atoms with Crippen molar-refractivity contribution < 1.29 is 32.2 Å². The van der Waals surface area contributed by atoms with Crippen molar-refractivity contribution in [3.63, 3.8) is 0 Å². The second kappa shape index (κ2) is 13.2. The van der Waals surface area contributed by atoms with E-state index in [1.54, 1.807) is 6.07 Å². The highest BCUT2D eigenvalue weighted by atomic mass is 35.5. The third-order valence-electron chi connectivity index (χ3n) is 11.1. The number of likely N-dealkylation sites (N-methyl/N-ethyl adjacent to an activating group) is 1. The molecule has 2 aliphatic heterocycles. The number of fused-ring (bicyclic) bond motifs is 6. The Bertz CT molecular complexity index is 2360. The van der Waals surface area contributed by atoms with Gasteiger partial charge in [0.25, 0.3) is 10.1 Å². The Morgan fingerprint density at radius 1 is 0.922 bits per heavy atom. The summed E-state index contributed by atoms with van der Waals surface area (Å²) >= 11 is 8.17. The summed E-state index contributed by atoms with van der Waals surface area (Å²) < 4.78 is 40.2. The van der Waals surface area contributed by atoms with Gasteiger partial charge in [-0.1, -0.05) is 60.3 Å². The van der Waals surface area contributed by atoms with Crippen LogP contribution in [0.15, 0.2) is 104 Å². The molecule has 0 fully saturated rings. The minimum absolute atomic E-state index is 0.107. The maximum Gasteiger partial charge on any atom is 0.294 e. The molecule has 3 aliphatic rings. The molecule has 0 bridgehead atoms. The Hall–Kier alpha value is -3.48. The number of halogens is 1. The Morgan fingerprint density at radius 2 is 1.63 bits per heavy atom. The van der Waals surface area contributed by atoms with Crippen molar-refractivity contribution in [1.29, 1.82) is 0 Å². The predicted octanol–water partition coefficient (Wildman–Crippen LogP) is 10.4. The van der Waals surface area contributed by atoms with Crippen molar-refractivity contribution in [3.8, 4) is 0 Å². The van der Waals surface area contributed by atoms with Crippen LogP contribution in [-0.4, -0.2) is 42.6 Å². The van der Waals surface area contributed by atoms with Crippen LogP contribution in [0.1, 0.15) is 70.9 Å². The van der Waals surface area contributed by atoms with Gasteiger partial charge < -0.3 is 4.90 Å². The van der Waals surface area contributed by atoms with E-state index in [9.17, 15) is 13.0 Å². The Morgan fingerprint density at radius 3 is 2.37 bits per heavy atom. The van der Waals surface area contributed by atoms with E-state index < -0.39 is 10.1 Å². The van der Waals surface area contributed by atoms with Gasteiger partial charge in [0.2, 0.25) is 5.69 Å². The van der Waals surface area contributed by atoms with Gasteiger partial charge in [-0.2, -0.15) is 8.42 Å². The lowest BCUT2D eigenvalue weighted by molar-refractivity contribution is -0.432. The second-order valence-corrected chi connectivity index (χ2v) is 17.3. The highest BCUT2D eigenvalue weighted by molar-refractivity contribution is 7.94. The molecule has 0 atom stereocenters. The number of rotatable bonds is 8. The Labute approximate surface area is 308 Å². The summed E-state index contributed by atoms with van der Waals surface area (Å²) in [6, 6.07) is 19.2. The molecule has 0 saturated heterocycles. The summed E-state index contributed by atoms with van der Waals surface area (Å²) in [4.78, 5) is 2.93. The van der Waals surface area contributed by atoms with E-state index in [4.69, 9.17) is 16.9 Å². The quantitative estimate of drug-likeness (QED) is 0.0605. The lowest BCUT2D eigenvalue weighted by Gasteiger charge is -2.25. The van der Waals surface area contributed by atoms with E-state index in [1.807, 2.05) is 24.3 Å². The molecule has 1 aliphatic carbocycles. The number of hydrogen-bond donors (Lipinski definition) is 2. The van der Waals surface area contributed by atoms with Crippen LogP contribution in [0.2, 0.25) is 0 Å². The monoisotopic (exact) mass is 745 g/mol. The largest absolute Gasteiger partial charge is 0.347 e. The molecule has 0 aromatic heterocycles. The first kappa shape index (κ1) is 35.9. The minimum Gasteiger partial charge on any atom is -0.347 e. The minimum atomic E-state index is -4.30. The molecule has 2 heterocycles. The van der Waals surface area contributed by atoms with Crippen molar-refractivity contribution >= 4 is 72.4 Å². The van der Waals surface area contributed by atoms with Gasteiger partial charge in [-0.25, -0.2) is 9.83 Å². The van der Waals surface area contributed by atoms with Gasteiger partial charge in [0.05, 0.1) is 22.4 Å². The van der Waals surface area contributed by atoms with E-state index in [0.717, 1.165) is 92.8 Å². The fourth-order valence-corrected chi connectivity index (χ4v) is 9.97. The lowest BCUT2D eigenvalue weighted by Crippen LogP contribution is -2.28. The van der Waals surface area contributed by atoms with Crippen molar-refractivity contribution in [2.24, 2.45) is 0 Å². The standard InChI is InChI=1S/C40H41ClN2O6S2/c1-39(2)34(42(5)32-18-10-26-22-28(50-49-48-44)14-16-30(26)36(32)39)20-12-24-8-7-9-25(38(24)41)13-21-35-40(3,4)37-31-17-15-29(51(45,46)47)23-27(31)11-19-33(37)43(35)6/h10-11,13-19,21-23H,7-9,12,20H2,1-6H3,(H-,44,45,46,47)/p+1/b25-13+,35-21+. The fraction of sp³-hybridized carbons (Fsp3) is 0.325. The molecule has 11 heteroatoms. The molecule has 4 aromatic carbocycles. The third-order valence-corrected chi connectivity index (χ3v) is 13.1. The summed E-state index contributed by atoms with van der Waals surface area (Å²) in [5.41, 5.74) is 9.10. The first-order valence-corrected chi connectivity index (χ1v) is 19.6.